The molecule has 5 fully saturated rings. The second-order valence-corrected chi connectivity index (χ2v) is 12.0. The largest absolute Gasteiger partial charge is 0.875 e. The van der Waals surface area contributed by atoms with Crippen LogP contribution in [0.3, 0.4) is 0 Å². The van der Waals surface area contributed by atoms with Gasteiger partial charge in [0.15, 0.2) is 5.78 Å². The van der Waals surface area contributed by atoms with Gasteiger partial charge in [0.25, 0.3) is 0 Å². The molecule has 6 heteroatoms. The maximum absolute atomic E-state index is 13.1. The minimum Gasteiger partial charge on any atom is -0.875 e. The van der Waals surface area contributed by atoms with Crippen LogP contribution in [0.1, 0.15) is 77.0 Å². The first kappa shape index (κ1) is 24.7. The van der Waals surface area contributed by atoms with Gasteiger partial charge in [0.1, 0.15) is 17.8 Å². The van der Waals surface area contributed by atoms with Crippen molar-refractivity contribution in [2.75, 3.05) is 0 Å². The number of carbonyl (C=O) groups excluding carboxylic acids is 3. The molecule has 1 saturated heterocycles. The third-order valence-corrected chi connectivity index (χ3v) is 10.1. The highest BCUT2D eigenvalue weighted by Gasteiger charge is 2.50. The molecule has 6 aliphatic rings. The van der Waals surface area contributed by atoms with E-state index >= 15 is 0 Å². The maximum Gasteiger partial charge on any atom is 0.342 e. The molecule has 4 saturated carbocycles. The molecule has 6 nitrogen and oxygen atoms in total. The van der Waals surface area contributed by atoms with Crippen LogP contribution in [-0.2, 0) is 23.9 Å². The van der Waals surface area contributed by atoms with Crippen LogP contribution in [0.5, 0.6) is 0 Å². The zero-order valence-corrected chi connectivity index (χ0v) is 21.4. The average Bonchev–Trinajstić information content (AvgIpc) is 2.91. The van der Waals surface area contributed by atoms with Crippen molar-refractivity contribution in [1.29, 1.82) is 0 Å². The second-order valence-electron chi connectivity index (χ2n) is 12.0. The van der Waals surface area contributed by atoms with E-state index in [0.29, 0.717) is 23.7 Å². The molecule has 0 N–H and O–H groups in total. The van der Waals surface area contributed by atoms with Crippen LogP contribution < -0.4 is 5.11 Å². The topological polar surface area (TPSA) is 92.7 Å². The Balaban J connectivity index is 1.12. The lowest BCUT2D eigenvalue weighted by Gasteiger charge is -2.49. The molecule has 0 aromatic carbocycles. The van der Waals surface area contributed by atoms with Crippen molar-refractivity contribution in [2.24, 2.45) is 35.5 Å². The van der Waals surface area contributed by atoms with Crippen molar-refractivity contribution in [2.45, 2.75) is 89.3 Å². The van der Waals surface area contributed by atoms with E-state index in [-0.39, 0.29) is 46.7 Å². The first-order chi connectivity index (χ1) is 18.0. The smallest absolute Gasteiger partial charge is 0.342 e. The number of carbonyl (C=O) groups is 3. The van der Waals surface area contributed by atoms with Crippen LogP contribution in [0, 0.1) is 35.5 Å². The van der Waals surface area contributed by atoms with Crippen LogP contribution in [0.15, 0.2) is 47.3 Å². The molecule has 6 rings (SSSR count). The fraction of sp³-hybridized carbons (Fsp3) is 0.645. The SMILES string of the molecule is O=C1OC2C(CCC3CCCCC32)C([O-])=C1C=CC=C/C=C1\C(=O)OC2C(CCC3CCCCC32)C1=O. The Bertz CT molecular complexity index is 1080. The van der Waals surface area contributed by atoms with Gasteiger partial charge in [0.2, 0.25) is 0 Å². The number of hydrogen-bond acceptors (Lipinski definition) is 6. The Morgan fingerprint density at radius 3 is 1.95 bits per heavy atom. The minimum absolute atomic E-state index is 0.0908. The minimum atomic E-state index is -0.532. The summed E-state index contributed by atoms with van der Waals surface area (Å²) < 4.78 is 11.6. The number of ether oxygens (including phenoxy) is 2. The first-order valence-electron chi connectivity index (χ1n) is 14.5. The first-order valence-corrected chi connectivity index (χ1v) is 14.5. The van der Waals surface area contributed by atoms with E-state index in [2.05, 4.69) is 0 Å². The summed E-state index contributed by atoms with van der Waals surface area (Å²) in [7, 11) is 0. The molecular weight excluding hydrogens is 468 g/mol. The average molecular weight is 506 g/mol. The van der Waals surface area contributed by atoms with Gasteiger partial charge in [-0.05, 0) is 74.3 Å². The van der Waals surface area contributed by atoms with E-state index in [1.165, 1.54) is 37.8 Å². The summed E-state index contributed by atoms with van der Waals surface area (Å²) in [5.74, 6) is 0.0426. The Hall–Kier alpha value is -2.63. The molecule has 8 atom stereocenters. The molecule has 0 aromatic heterocycles. The molecule has 0 spiro atoms. The second kappa shape index (κ2) is 10.3. The number of rotatable bonds is 3. The monoisotopic (exact) mass is 505 g/mol. The standard InChI is InChI=1S/C31H38O6/c32-26-22-16-14-18-8-4-6-10-20(18)28(22)36-30(34)24(26)12-2-1-3-13-25-27(33)23-17-15-19-9-5-7-11-21(19)29(23)37-31(25)35/h1-3,12-13,18-23,28-29,32H,4-11,14-17H2/p-1/b3-1?,12-2?,25-13-. The van der Waals surface area contributed by atoms with Gasteiger partial charge in [0, 0.05) is 11.5 Å². The molecule has 8 unspecified atom stereocenters. The molecule has 0 aromatic rings. The van der Waals surface area contributed by atoms with E-state index in [4.69, 9.17) is 9.47 Å². The highest BCUT2D eigenvalue weighted by Crippen LogP contribution is 2.48. The summed E-state index contributed by atoms with van der Waals surface area (Å²) in [6.07, 6.45) is 20.1. The van der Waals surface area contributed by atoms with Gasteiger partial charge in [-0.1, -0.05) is 56.8 Å². The molecule has 2 aliphatic heterocycles. The van der Waals surface area contributed by atoms with Gasteiger partial charge in [-0.2, -0.15) is 0 Å². The summed E-state index contributed by atoms with van der Waals surface area (Å²) in [6.45, 7) is 0. The summed E-state index contributed by atoms with van der Waals surface area (Å²) in [5.41, 5.74) is 0.182. The number of allylic oxidation sites excluding steroid dienone is 4. The molecule has 2 heterocycles. The molecule has 37 heavy (non-hydrogen) atoms. The Morgan fingerprint density at radius 1 is 0.649 bits per heavy atom. The fourth-order valence-corrected chi connectivity index (χ4v) is 8.31. The van der Waals surface area contributed by atoms with Crippen molar-refractivity contribution >= 4 is 17.7 Å². The number of ketones is 1. The third kappa shape index (κ3) is 4.51. The van der Waals surface area contributed by atoms with E-state index in [9.17, 15) is 19.5 Å². The summed E-state index contributed by atoms with van der Waals surface area (Å²) in [6, 6.07) is 0. The molecule has 198 valence electrons. The van der Waals surface area contributed by atoms with Crippen molar-refractivity contribution in [3.05, 3.63) is 47.3 Å². The Labute approximate surface area is 218 Å². The van der Waals surface area contributed by atoms with E-state index < -0.39 is 11.9 Å². The van der Waals surface area contributed by atoms with Crippen molar-refractivity contribution in [3.8, 4) is 0 Å². The normalized spacial score (nSPS) is 41.2. The molecule has 4 aliphatic carbocycles. The van der Waals surface area contributed by atoms with E-state index in [1.54, 1.807) is 18.2 Å². The zero-order chi connectivity index (χ0) is 25.5. The van der Waals surface area contributed by atoms with Crippen LogP contribution >= 0.6 is 0 Å². The van der Waals surface area contributed by atoms with Gasteiger partial charge in [0.05, 0.1) is 5.92 Å². The van der Waals surface area contributed by atoms with Crippen molar-refractivity contribution < 1.29 is 29.0 Å². The van der Waals surface area contributed by atoms with E-state index in [0.717, 1.165) is 51.4 Å². The lowest BCUT2D eigenvalue weighted by atomic mass is 9.63. The van der Waals surface area contributed by atoms with E-state index in [1.807, 2.05) is 0 Å². The molecular formula is C31H37O6-. The highest BCUT2D eigenvalue weighted by molar-refractivity contribution is 6.20. The van der Waals surface area contributed by atoms with Crippen molar-refractivity contribution in [3.63, 3.8) is 0 Å². The quantitative estimate of drug-likeness (QED) is 0.243. The molecule has 0 amide bonds. The Kier molecular flexibility index (Phi) is 6.85. The summed E-state index contributed by atoms with van der Waals surface area (Å²) >= 11 is 0. The number of Topliss-reactive ketones (excluding diaryl/α,β-unsaturated/α-hetero) is 1. The molecule has 0 bridgehead atoms. The summed E-state index contributed by atoms with van der Waals surface area (Å²) in [5, 5.41) is 13.1. The van der Waals surface area contributed by atoms with Crippen LogP contribution in [0.25, 0.3) is 0 Å². The predicted molar refractivity (Wildman–Crippen MR) is 134 cm³/mol. The predicted octanol–water partition coefficient (Wildman–Crippen LogP) is 4.49. The van der Waals surface area contributed by atoms with Crippen molar-refractivity contribution in [1.82, 2.24) is 0 Å². The van der Waals surface area contributed by atoms with Gasteiger partial charge >= 0.3 is 11.9 Å². The van der Waals surface area contributed by atoms with Crippen LogP contribution in [-0.4, -0.2) is 29.9 Å². The third-order valence-electron chi connectivity index (χ3n) is 10.1. The summed E-state index contributed by atoms with van der Waals surface area (Å²) in [4.78, 5) is 38.5. The van der Waals surface area contributed by atoms with Gasteiger partial charge in [-0.3, -0.25) is 4.79 Å². The number of fused-ring (bicyclic) bond motifs is 6. The fourth-order valence-electron chi connectivity index (χ4n) is 8.31. The maximum atomic E-state index is 13.1. The van der Waals surface area contributed by atoms with Crippen LogP contribution in [0.2, 0.25) is 0 Å². The van der Waals surface area contributed by atoms with Gasteiger partial charge in [-0.15, -0.1) is 5.76 Å². The number of esters is 2. The Morgan fingerprint density at radius 2 is 1.24 bits per heavy atom. The van der Waals surface area contributed by atoms with Gasteiger partial charge < -0.3 is 14.6 Å². The molecule has 0 radical (unpaired) electrons. The number of hydrogen-bond donors (Lipinski definition) is 0. The van der Waals surface area contributed by atoms with Gasteiger partial charge in [-0.25, -0.2) is 9.59 Å². The lowest BCUT2D eigenvalue weighted by molar-refractivity contribution is -0.327. The lowest BCUT2D eigenvalue weighted by Crippen LogP contribution is -2.50. The zero-order valence-electron chi connectivity index (χ0n) is 21.4. The van der Waals surface area contributed by atoms with Crippen LogP contribution in [0.4, 0.5) is 0 Å². The highest BCUT2D eigenvalue weighted by atomic mass is 16.6.